The minimum atomic E-state index is 0.153. The molecule has 1 aromatic carbocycles. The highest BCUT2D eigenvalue weighted by Gasteiger charge is 2.20. The molecule has 6 N–H and O–H groups in total. The lowest BCUT2D eigenvalue weighted by Gasteiger charge is -2.12. The Labute approximate surface area is 122 Å². The molecular formula is C15H12N6. The third kappa shape index (κ3) is 2.68. The zero-order chi connectivity index (χ0) is 15.8. The third-order valence-corrected chi connectivity index (χ3v) is 2.74. The first kappa shape index (κ1) is 15.4. The Morgan fingerprint density at radius 1 is 0.571 bits per heavy atom. The maximum atomic E-state index is 9.35. The van der Waals surface area contributed by atoms with E-state index in [0.29, 0.717) is 16.7 Å². The summed E-state index contributed by atoms with van der Waals surface area (Å²) in [6.07, 6.45) is 7.94. The first-order valence-electron chi connectivity index (χ1n) is 5.79. The molecule has 21 heavy (non-hydrogen) atoms. The number of benzene rings is 1. The van der Waals surface area contributed by atoms with Crippen molar-refractivity contribution in [1.29, 1.82) is 15.8 Å². The van der Waals surface area contributed by atoms with Gasteiger partial charge >= 0.3 is 0 Å². The maximum Gasteiger partial charge on any atom is 0.100 e. The van der Waals surface area contributed by atoms with Gasteiger partial charge in [-0.3, -0.25) is 0 Å². The minimum Gasteiger partial charge on any atom is -0.405 e. The monoisotopic (exact) mass is 276 g/mol. The van der Waals surface area contributed by atoms with Gasteiger partial charge in [0.15, 0.2) is 0 Å². The Bertz CT molecular complexity index is 638. The van der Waals surface area contributed by atoms with Crippen LogP contribution in [-0.2, 0) is 0 Å². The fourth-order valence-electron chi connectivity index (χ4n) is 1.96. The number of hydrogen-bond acceptors (Lipinski definition) is 6. The highest BCUT2D eigenvalue weighted by atomic mass is 14.5. The molecule has 0 aliphatic carbocycles. The Morgan fingerprint density at radius 2 is 0.810 bits per heavy atom. The fraction of sp³-hybridized carbons (Fsp3) is 0. The number of nitrogens with zero attached hydrogens (tertiary/aromatic N) is 3. The van der Waals surface area contributed by atoms with Crippen LogP contribution in [0.3, 0.4) is 0 Å². The summed E-state index contributed by atoms with van der Waals surface area (Å²) in [5.74, 6) is 0. The van der Waals surface area contributed by atoms with Gasteiger partial charge in [0.1, 0.15) is 18.2 Å². The molecule has 0 saturated carbocycles. The van der Waals surface area contributed by atoms with Crippen molar-refractivity contribution in [1.82, 2.24) is 0 Å². The quantitative estimate of drug-likeness (QED) is 0.751. The molecule has 1 aromatic rings. The van der Waals surface area contributed by atoms with E-state index in [-0.39, 0.29) is 16.7 Å². The van der Waals surface area contributed by atoms with Crippen molar-refractivity contribution in [3.8, 4) is 18.2 Å². The predicted molar refractivity (Wildman–Crippen MR) is 80.3 cm³/mol. The molecule has 0 saturated heterocycles. The molecule has 0 unspecified atom stereocenters. The van der Waals surface area contributed by atoms with Gasteiger partial charge in [0.2, 0.25) is 0 Å². The molecule has 0 bridgehead atoms. The molecule has 0 aliphatic rings. The summed E-state index contributed by atoms with van der Waals surface area (Å²) >= 11 is 0. The Balaban J connectivity index is 4.14. The van der Waals surface area contributed by atoms with E-state index < -0.39 is 0 Å². The standard InChI is InChI=1S/C15H12N6/c16-4-1-10-13(7-19)11(2-5-17)15(9-21)12(3-6-18)14(10)8-20/h1-6H,16-18H2/b4-1+,5-2+,6-3+. The Hall–Kier alpha value is -3.69. The van der Waals surface area contributed by atoms with Crippen LogP contribution in [0.5, 0.6) is 0 Å². The third-order valence-electron chi connectivity index (χ3n) is 2.74. The molecule has 0 atom stereocenters. The van der Waals surface area contributed by atoms with Crippen molar-refractivity contribution in [3.05, 3.63) is 52.0 Å². The normalized spacial score (nSPS) is 10.7. The van der Waals surface area contributed by atoms with Gasteiger partial charge in [0, 0.05) is 16.7 Å². The summed E-state index contributed by atoms with van der Waals surface area (Å²) in [5.41, 5.74) is 17.6. The second-order valence-electron chi connectivity index (χ2n) is 3.78. The van der Waals surface area contributed by atoms with Gasteiger partial charge in [-0.05, 0) is 36.8 Å². The number of nitriles is 3. The van der Waals surface area contributed by atoms with E-state index in [4.69, 9.17) is 17.2 Å². The fourth-order valence-corrected chi connectivity index (χ4v) is 1.96. The average Bonchev–Trinajstić information content (AvgIpc) is 2.49. The lowest BCUT2D eigenvalue weighted by Crippen LogP contribution is -2.03. The SMILES string of the molecule is N#Cc1c(/C=C/N)c(C#N)c(/C=C/N)c(C#N)c1/C=C/N. The van der Waals surface area contributed by atoms with Gasteiger partial charge in [0.05, 0.1) is 16.7 Å². The van der Waals surface area contributed by atoms with E-state index >= 15 is 0 Å². The van der Waals surface area contributed by atoms with Crippen LogP contribution in [0.15, 0.2) is 18.6 Å². The van der Waals surface area contributed by atoms with E-state index in [1.165, 1.54) is 36.8 Å². The second kappa shape index (κ2) is 7.04. The average molecular weight is 276 g/mol. The minimum absolute atomic E-state index is 0.153. The van der Waals surface area contributed by atoms with Crippen molar-refractivity contribution < 1.29 is 0 Å². The van der Waals surface area contributed by atoms with Crippen molar-refractivity contribution in [2.75, 3.05) is 0 Å². The van der Waals surface area contributed by atoms with E-state index in [1.54, 1.807) is 0 Å². The molecule has 102 valence electrons. The molecule has 0 heterocycles. The zero-order valence-corrected chi connectivity index (χ0v) is 11.0. The molecule has 0 spiro atoms. The molecule has 0 aromatic heterocycles. The number of nitrogens with two attached hydrogens (primary N) is 3. The van der Waals surface area contributed by atoms with E-state index in [2.05, 4.69) is 0 Å². The molecule has 1 rings (SSSR count). The maximum absolute atomic E-state index is 9.35. The van der Waals surface area contributed by atoms with E-state index in [0.717, 1.165) is 0 Å². The van der Waals surface area contributed by atoms with Crippen LogP contribution >= 0.6 is 0 Å². The van der Waals surface area contributed by atoms with Crippen LogP contribution in [0.2, 0.25) is 0 Å². The molecule has 0 fully saturated rings. The van der Waals surface area contributed by atoms with Crippen LogP contribution in [0.1, 0.15) is 33.4 Å². The number of hydrogen-bond donors (Lipinski definition) is 3. The smallest absolute Gasteiger partial charge is 0.100 e. The molecule has 0 amide bonds. The van der Waals surface area contributed by atoms with Gasteiger partial charge in [-0.1, -0.05) is 0 Å². The molecule has 6 nitrogen and oxygen atoms in total. The summed E-state index contributed by atoms with van der Waals surface area (Å²) in [5, 5.41) is 28.1. The molecule has 0 radical (unpaired) electrons. The Kier molecular flexibility index (Phi) is 5.15. The van der Waals surface area contributed by atoms with Crippen LogP contribution in [0.4, 0.5) is 0 Å². The highest BCUT2D eigenvalue weighted by Crippen LogP contribution is 2.30. The van der Waals surface area contributed by atoms with Crippen LogP contribution in [0.25, 0.3) is 18.2 Å². The van der Waals surface area contributed by atoms with Crippen molar-refractivity contribution in [2.45, 2.75) is 0 Å². The summed E-state index contributed by atoms with van der Waals surface area (Å²) in [7, 11) is 0. The highest BCUT2D eigenvalue weighted by molar-refractivity contribution is 5.82. The summed E-state index contributed by atoms with van der Waals surface area (Å²) in [4.78, 5) is 0. The topological polar surface area (TPSA) is 149 Å². The molecule has 6 heteroatoms. The van der Waals surface area contributed by atoms with Crippen LogP contribution in [-0.4, -0.2) is 0 Å². The van der Waals surface area contributed by atoms with Crippen molar-refractivity contribution in [3.63, 3.8) is 0 Å². The zero-order valence-electron chi connectivity index (χ0n) is 11.0. The number of rotatable bonds is 3. The van der Waals surface area contributed by atoms with Crippen LogP contribution in [0, 0.1) is 34.0 Å². The van der Waals surface area contributed by atoms with Gasteiger partial charge < -0.3 is 17.2 Å². The van der Waals surface area contributed by atoms with E-state index in [1.807, 2.05) is 18.2 Å². The molecule has 0 aliphatic heterocycles. The van der Waals surface area contributed by atoms with Gasteiger partial charge in [-0.2, -0.15) is 15.8 Å². The predicted octanol–water partition coefficient (Wildman–Crippen LogP) is 1.09. The Morgan fingerprint density at radius 3 is 0.952 bits per heavy atom. The van der Waals surface area contributed by atoms with Gasteiger partial charge in [-0.25, -0.2) is 0 Å². The second-order valence-corrected chi connectivity index (χ2v) is 3.78. The summed E-state index contributed by atoms with van der Waals surface area (Å²) in [6.45, 7) is 0. The van der Waals surface area contributed by atoms with Crippen LogP contribution < -0.4 is 17.2 Å². The van der Waals surface area contributed by atoms with Gasteiger partial charge in [0.25, 0.3) is 0 Å². The largest absolute Gasteiger partial charge is 0.405 e. The first-order valence-corrected chi connectivity index (χ1v) is 5.79. The lowest BCUT2D eigenvalue weighted by atomic mass is 9.87. The van der Waals surface area contributed by atoms with Gasteiger partial charge in [-0.15, -0.1) is 0 Å². The first-order chi connectivity index (χ1) is 10.2. The molecular weight excluding hydrogens is 264 g/mol. The summed E-state index contributed by atoms with van der Waals surface area (Å²) < 4.78 is 0. The summed E-state index contributed by atoms with van der Waals surface area (Å²) in [6, 6.07) is 5.94. The van der Waals surface area contributed by atoms with Crippen molar-refractivity contribution in [2.24, 2.45) is 17.2 Å². The van der Waals surface area contributed by atoms with E-state index in [9.17, 15) is 15.8 Å². The lowest BCUT2D eigenvalue weighted by molar-refractivity contribution is 1.36. The van der Waals surface area contributed by atoms with Crippen molar-refractivity contribution >= 4 is 18.2 Å².